The van der Waals surface area contributed by atoms with E-state index in [0.717, 1.165) is 54.2 Å². The molecule has 5 heteroatoms. The van der Waals surface area contributed by atoms with Crippen LogP contribution in [0.25, 0.3) is 65.3 Å². The molecule has 0 aliphatic heterocycles. The molecule has 0 bridgehead atoms. The zero-order valence-electron chi connectivity index (χ0n) is 20.2. The number of nitro benzene ring substituents is 1. The largest absolute Gasteiger partial charge is 0.289 e. The fourth-order valence-electron chi connectivity index (χ4n) is 7.07. The van der Waals surface area contributed by atoms with Crippen LogP contribution in [0.4, 0.5) is 5.69 Å². The first-order chi connectivity index (χ1) is 19.0. The van der Waals surface area contributed by atoms with Gasteiger partial charge in [-0.05, 0) is 67.2 Å². The third-order valence-electron chi connectivity index (χ3n) is 8.61. The van der Waals surface area contributed by atoms with Gasteiger partial charge in [-0.25, -0.2) is 0 Å². The molecule has 0 saturated carbocycles. The number of hydrogen-bond acceptors (Lipinski definition) is 4. The lowest BCUT2D eigenvalue weighted by Crippen LogP contribution is -2.12. The van der Waals surface area contributed by atoms with E-state index < -0.39 is 4.92 Å². The molecule has 2 aliphatic rings. The number of benzene rings is 7. The summed E-state index contributed by atoms with van der Waals surface area (Å²) in [6.07, 6.45) is 0. The van der Waals surface area contributed by atoms with E-state index in [2.05, 4.69) is 12.1 Å². The molecule has 39 heavy (non-hydrogen) atoms. The molecule has 0 fully saturated rings. The van der Waals surface area contributed by atoms with Gasteiger partial charge in [0.15, 0.2) is 11.6 Å². The van der Waals surface area contributed by atoms with E-state index in [9.17, 15) is 19.7 Å². The van der Waals surface area contributed by atoms with Crippen LogP contribution < -0.4 is 0 Å². The molecule has 0 N–H and O–H groups in total. The average Bonchev–Trinajstić information content (AvgIpc) is 2.97. The zero-order valence-corrected chi connectivity index (χ0v) is 20.2. The van der Waals surface area contributed by atoms with Crippen LogP contribution in [0.3, 0.4) is 0 Å². The summed E-state index contributed by atoms with van der Waals surface area (Å²) in [5, 5.41) is 19.5. The van der Waals surface area contributed by atoms with Crippen molar-refractivity contribution in [3.63, 3.8) is 0 Å². The molecule has 0 saturated heterocycles. The molecule has 0 atom stereocenters. The van der Waals surface area contributed by atoms with Gasteiger partial charge in [-0.15, -0.1) is 0 Å². The highest BCUT2D eigenvalue weighted by Crippen LogP contribution is 2.51. The van der Waals surface area contributed by atoms with Crippen LogP contribution in [0.2, 0.25) is 0 Å². The maximum absolute atomic E-state index is 13.7. The second-order valence-electron chi connectivity index (χ2n) is 10.3. The van der Waals surface area contributed by atoms with E-state index in [4.69, 9.17) is 0 Å². The van der Waals surface area contributed by atoms with Gasteiger partial charge in [-0.2, -0.15) is 0 Å². The van der Waals surface area contributed by atoms with Crippen LogP contribution in [-0.4, -0.2) is 16.5 Å². The quantitative estimate of drug-likeness (QED) is 0.0986. The Hall–Kier alpha value is -5.42. The Bertz CT molecular complexity index is 2330. The van der Waals surface area contributed by atoms with E-state index in [1.54, 1.807) is 12.1 Å². The minimum atomic E-state index is -0.418. The highest BCUT2D eigenvalue weighted by atomic mass is 16.6. The van der Waals surface area contributed by atoms with E-state index in [1.807, 2.05) is 60.7 Å². The minimum absolute atomic E-state index is 0.0207. The number of rotatable bonds is 1. The molecule has 7 aromatic rings. The van der Waals surface area contributed by atoms with Crippen molar-refractivity contribution >= 4 is 60.3 Å². The minimum Gasteiger partial charge on any atom is -0.289 e. The van der Waals surface area contributed by atoms with Crippen LogP contribution in [-0.2, 0) is 0 Å². The number of nitro groups is 1. The van der Waals surface area contributed by atoms with Crippen molar-refractivity contribution in [3.05, 3.63) is 123 Å². The van der Waals surface area contributed by atoms with Crippen molar-refractivity contribution in [1.82, 2.24) is 0 Å². The van der Waals surface area contributed by atoms with E-state index in [-0.39, 0.29) is 17.3 Å². The lowest BCUT2D eigenvalue weighted by atomic mass is 9.76. The molecule has 0 unspecified atom stereocenters. The molecule has 0 heterocycles. The van der Waals surface area contributed by atoms with Crippen molar-refractivity contribution in [3.8, 4) is 22.3 Å². The molecule has 5 nitrogen and oxygen atoms in total. The first kappa shape index (κ1) is 20.6. The molecule has 180 valence electrons. The molecule has 2 aliphatic carbocycles. The molecule has 0 spiro atoms. The van der Waals surface area contributed by atoms with Crippen LogP contribution in [0.1, 0.15) is 31.8 Å². The summed E-state index contributed by atoms with van der Waals surface area (Å²) in [7, 11) is 0. The van der Waals surface area contributed by atoms with Gasteiger partial charge in [0.1, 0.15) is 0 Å². The lowest BCUT2D eigenvalue weighted by molar-refractivity contribution is -0.384. The van der Waals surface area contributed by atoms with Gasteiger partial charge in [0.05, 0.1) is 10.5 Å². The van der Waals surface area contributed by atoms with Gasteiger partial charge in [0.2, 0.25) is 0 Å². The summed E-state index contributed by atoms with van der Waals surface area (Å²) in [4.78, 5) is 38.8. The highest BCUT2D eigenvalue weighted by Gasteiger charge is 2.33. The Labute approximate surface area is 220 Å². The number of nitrogens with zero attached hydrogens (tertiary/aromatic N) is 1. The Morgan fingerprint density at radius 2 is 0.923 bits per heavy atom. The fourth-order valence-corrected chi connectivity index (χ4v) is 7.07. The molecule has 0 amide bonds. The smallest absolute Gasteiger partial charge is 0.277 e. The zero-order chi connectivity index (χ0) is 26.2. The molecule has 0 aromatic heterocycles. The SMILES string of the molecule is O=C1c2ccccc2-c2ccc3c4ccc5c6c(ccc(c7ccc1c2c73)c64)C(=O)c1cccc([N+](=O)[O-])c1-5. The van der Waals surface area contributed by atoms with E-state index in [1.165, 1.54) is 6.07 Å². The average molecular weight is 501 g/mol. The van der Waals surface area contributed by atoms with Gasteiger partial charge in [-0.3, -0.25) is 19.7 Å². The van der Waals surface area contributed by atoms with Crippen LogP contribution in [0.5, 0.6) is 0 Å². The van der Waals surface area contributed by atoms with E-state index in [0.29, 0.717) is 33.4 Å². The Balaban J connectivity index is 1.50. The Kier molecular flexibility index (Phi) is 3.55. The number of carbonyl (C=O) groups excluding carboxylic acids is 2. The third kappa shape index (κ3) is 2.28. The first-order valence-corrected chi connectivity index (χ1v) is 12.7. The summed E-state index contributed by atoms with van der Waals surface area (Å²) in [6.45, 7) is 0. The molecule has 7 aromatic carbocycles. The Morgan fingerprint density at radius 1 is 0.436 bits per heavy atom. The lowest BCUT2D eigenvalue weighted by Gasteiger charge is -2.25. The maximum atomic E-state index is 13.7. The summed E-state index contributed by atoms with van der Waals surface area (Å²) in [5.41, 5.74) is 5.29. The topological polar surface area (TPSA) is 77.3 Å². The van der Waals surface area contributed by atoms with Crippen molar-refractivity contribution in [2.45, 2.75) is 0 Å². The van der Waals surface area contributed by atoms with Crippen LogP contribution in [0.15, 0.2) is 91.0 Å². The Morgan fingerprint density at radius 3 is 1.54 bits per heavy atom. The second-order valence-corrected chi connectivity index (χ2v) is 10.3. The van der Waals surface area contributed by atoms with Gasteiger partial charge in [0, 0.05) is 39.1 Å². The fraction of sp³-hybridized carbons (Fsp3) is 0. The first-order valence-electron chi connectivity index (χ1n) is 12.7. The number of hydrogen-bond donors (Lipinski definition) is 0. The molecule has 0 radical (unpaired) electrons. The van der Waals surface area contributed by atoms with Gasteiger partial charge >= 0.3 is 0 Å². The molecular weight excluding hydrogens is 486 g/mol. The second kappa shape index (κ2) is 6.71. The summed E-state index contributed by atoms with van der Waals surface area (Å²) < 4.78 is 0. The van der Waals surface area contributed by atoms with Crippen molar-refractivity contribution < 1.29 is 14.5 Å². The van der Waals surface area contributed by atoms with E-state index >= 15 is 0 Å². The standard InChI is InChI=1S/C34H15NO4/c36-33-22-5-2-1-4-16(22)17-8-9-18-19-10-13-23-28-24(6-3-7-27(28)35(38)39)34(37)26-15-12-21(30(19)32(23)26)20-11-14-25(33)31(17)29(18)20/h1-15H. The van der Waals surface area contributed by atoms with Crippen molar-refractivity contribution in [2.24, 2.45) is 0 Å². The van der Waals surface area contributed by atoms with Gasteiger partial charge in [0.25, 0.3) is 5.69 Å². The maximum Gasteiger partial charge on any atom is 0.277 e. The molecule has 9 rings (SSSR count). The third-order valence-corrected chi connectivity index (χ3v) is 8.61. The van der Waals surface area contributed by atoms with Crippen molar-refractivity contribution in [1.29, 1.82) is 0 Å². The van der Waals surface area contributed by atoms with Gasteiger partial charge < -0.3 is 0 Å². The summed E-state index contributed by atoms with van der Waals surface area (Å²) in [6, 6.07) is 28.3. The monoisotopic (exact) mass is 501 g/mol. The number of ketones is 2. The van der Waals surface area contributed by atoms with Gasteiger partial charge in [-0.1, -0.05) is 66.7 Å². The highest BCUT2D eigenvalue weighted by molar-refractivity contribution is 6.41. The number of fused-ring (bicyclic) bond motifs is 6. The predicted molar refractivity (Wildman–Crippen MR) is 152 cm³/mol. The van der Waals surface area contributed by atoms with Crippen molar-refractivity contribution in [2.75, 3.05) is 0 Å². The summed E-state index contributed by atoms with van der Waals surface area (Å²) >= 11 is 0. The summed E-state index contributed by atoms with van der Waals surface area (Å²) in [5.74, 6) is -0.185. The normalized spacial score (nSPS) is 13.4. The molecular formula is C34H15NO4. The predicted octanol–water partition coefficient (Wildman–Crippen LogP) is 8.07. The van der Waals surface area contributed by atoms with Crippen LogP contribution in [0, 0.1) is 10.1 Å². The number of carbonyl (C=O) groups is 2. The van der Waals surface area contributed by atoms with Crippen LogP contribution >= 0.6 is 0 Å².